The molecule has 0 saturated carbocycles. The lowest BCUT2D eigenvalue weighted by Gasteiger charge is -2.17. The van der Waals surface area contributed by atoms with E-state index < -0.39 is 22.9 Å². The summed E-state index contributed by atoms with van der Waals surface area (Å²) in [4.78, 5) is 44.8. The summed E-state index contributed by atoms with van der Waals surface area (Å²) in [6.07, 6.45) is 2.63. The number of carbonyl (C=O) groups is 3. The van der Waals surface area contributed by atoms with Gasteiger partial charge in [0.25, 0.3) is 11.8 Å². The number of nitrogens with zero attached hydrogens (tertiary/aromatic N) is 1. The maximum Gasteiger partial charge on any atom is 0.272 e. The van der Waals surface area contributed by atoms with Gasteiger partial charge in [0.05, 0.1) is 10.0 Å². The number of anilines is 2. The van der Waals surface area contributed by atoms with Crippen LogP contribution >= 0.6 is 35.0 Å². The van der Waals surface area contributed by atoms with E-state index >= 15 is 0 Å². The van der Waals surface area contributed by atoms with Crippen LogP contribution in [0.4, 0.5) is 15.9 Å². The molecular weight excluding hydrogens is 646 g/mol. The van der Waals surface area contributed by atoms with Gasteiger partial charge in [-0.3, -0.25) is 14.4 Å². The van der Waals surface area contributed by atoms with Crippen LogP contribution in [0.25, 0.3) is 6.08 Å². The summed E-state index contributed by atoms with van der Waals surface area (Å²) in [6.45, 7) is 0. The topological polar surface area (TPSA) is 100 Å². The van der Waals surface area contributed by atoms with Crippen LogP contribution in [0.15, 0.2) is 132 Å². The summed E-state index contributed by atoms with van der Waals surface area (Å²) in [5, 5.41) is 8.00. The fourth-order valence-electron chi connectivity index (χ4n) is 4.26. The van der Waals surface area contributed by atoms with Crippen LogP contribution in [0.1, 0.15) is 26.7 Å². The Labute approximate surface area is 278 Å². The summed E-state index contributed by atoms with van der Waals surface area (Å²) in [6, 6.07) is 31.8. The lowest BCUT2D eigenvalue weighted by Crippen LogP contribution is -2.30. The Hall–Kier alpha value is -4.96. The predicted molar refractivity (Wildman–Crippen MR) is 181 cm³/mol. The Bertz CT molecular complexity index is 1870. The van der Waals surface area contributed by atoms with E-state index in [9.17, 15) is 18.8 Å². The molecule has 230 valence electrons. The zero-order valence-corrected chi connectivity index (χ0v) is 26.2. The average Bonchev–Trinajstić information content (AvgIpc) is 3.06. The van der Waals surface area contributed by atoms with Crippen LogP contribution in [0.3, 0.4) is 0 Å². The second-order valence-corrected chi connectivity index (χ2v) is 11.8. The Kier molecular flexibility index (Phi) is 10.8. The quantitative estimate of drug-likeness (QED) is 0.102. The summed E-state index contributed by atoms with van der Waals surface area (Å²) in [5.41, 5.74) is 1.15. The molecule has 4 aromatic carbocycles. The minimum atomic E-state index is -0.711. The minimum absolute atomic E-state index is 0.0566. The van der Waals surface area contributed by atoms with Crippen LogP contribution in [-0.2, 0) is 9.59 Å². The SMILES string of the molecule is O=C(Nc1cccc(SC(C(=O)Nc2ccc(Cl)cn2)c2ccccc2)c1)/C(=C\c1c(F)cccc1Cl)NC(=O)c1ccccc1. The molecule has 0 aliphatic heterocycles. The van der Waals surface area contributed by atoms with Gasteiger partial charge in [-0.05, 0) is 66.2 Å². The lowest BCUT2D eigenvalue weighted by atomic mass is 10.1. The zero-order valence-electron chi connectivity index (χ0n) is 23.9. The van der Waals surface area contributed by atoms with Gasteiger partial charge in [0.15, 0.2) is 0 Å². The maximum atomic E-state index is 14.7. The first-order valence-electron chi connectivity index (χ1n) is 13.8. The van der Waals surface area contributed by atoms with Crippen molar-refractivity contribution in [2.24, 2.45) is 0 Å². The van der Waals surface area contributed by atoms with Gasteiger partial charge in [-0.1, -0.05) is 83.9 Å². The van der Waals surface area contributed by atoms with Crippen LogP contribution in [0.2, 0.25) is 10.0 Å². The molecule has 0 spiro atoms. The van der Waals surface area contributed by atoms with Gasteiger partial charge in [-0.2, -0.15) is 0 Å². The first-order chi connectivity index (χ1) is 22.3. The monoisotopic (exact) mass is 670 g/mol. The van der Waals surface area contributed by atoms with E-state index in [1.165, 1.54) is 42.2 Å². The fraction of sp³-hybridized carbons (Fsp3) is 0.0286. The Morgan fingerprint density at radius 3 is 2.22 bits per heavy atom. The number of halogens is 3. The number of benzene rings is 4. The number of aromatic nitrogens is 1. The van der Waals surface area contributed by atoms with Gasteiger partial charge in [0.1, 0.15) is 22.6 Å². The number of rotatable bonds is 10. The van der Waals surface area contributed by atoms with Crippen LogP contribution in [0, 0.1) is 5.82 Å². The third-order valence-electron chi connectivity index (χ3n) is 6.48. The van der Waals surface area contributed by atoms with E-state index in [0.717, 1.165) is 5.56 Å². The molecule has 46 heavy (non-hydrogen) atoms. The van der Waals surface area contributed by atoms with E-state index in [1.54, 1.807) is 66.7 Å². The zero-order chi connectivity index (χ0) is 32.5. The number of carbonyl (C=O) groups excluding carboxylic acids is 3. The van der Waals surface area contributed by atoms with Crippen molar-refractivity contribution in [3.63, 3.8) is 0 Å². The molecule has 3 amide bonds. The van der Waals surface area contributed by atoms with Gasteiger partial charge >= 0.3 is 0 Å². The van der Waals surface area contributed by atoms with Crippen LogP contribution < -0.4 is 16.0 Å². The average molecular weight is 672 g/mol. The molecule has 0 aliphatic carbocycles. The highest BCUT2D eigenvalue weighted by atomic mass is 35.5. The number of nitrogens with one attached hydrogen (secondary N) is 3. The van der Waals surface area contributed by atoms with E-state index in [0.29, 0.717) is 27.0 Å². The molecule has 0 bridgehead atoms. The Balaban J connectivity index is 1.39. The predicted octanol–water partition coefficient (Wildman–Crippen LogP) is 8.41. The van der Waals surface area contributed by atoms with Gasteiger partial charge in [0, 0.05) is 27.9 Å². The van der Waals surface area contributed by atoms with Crippen molar-refractivity contribution in [2.45, 2.75) is 10.1 Å². The first kappa shape index (κ1) is 32.4. The summed E-state index contributed by atoms with van der Waals surface area (Å²) in [7, 11) is 0. The number of hydrogen-bond donors (Lipinski definition) is 3. The van der Waals surface area contributed by atoms with E-state index in [2.05, 4.69) is 20.9 Å². The number of pyridine rings is 1. The summed E-state index contributed by atoms with van der Waals surface area (Å²) >= 11 is 13.4. The summed E-state index contributed by atoms with van der Waals surface area (Å²) in [5.74, 6) is -1.90. The molecule has 0 saturated heterocycles. The summed E-state index contributed by atoms with van der Waals surface area (Å²) < 4.78 is 14.7. The molecule has 0 fully saturated rings. The van der Waals surface area contributed by atoms with Crippen molar-refractivity contribution in [3.05, 3.63) is 160 Å². The smallest absolute Gasteiger partial charge is 0.272 e. The normalized spacial score (nSPS) is 11.8. The van der Waals surface area contributed by atoms with Gasteiger partial charge in [-0.25, -0.2) is 9.37 Å². The highest BCUT2D eigenvalue weighted by molar-refractivity contribution is 8.00. The molecule has 5 rings (SSSR count). The number of hydrogen-bond acceptors (Lipinski definition) is 5. The van der Waals surface area contributed by atoms with Crippen LogP contribution in [-0.4, -0.2) is 22.7 Å². The van der Waals surface area contributed by atoms with E-state index in [4.69, 9.17) is 23.2 Å². The lowest BCUT2D eigenvalue weighted by molar-refractivity contribution is -0.116. The van der Waals surface area contributed by atoms with Gasteiger partial charge in [-0.15, -0.1) is 11.8 Å². The van der Waals surface area contributed by atoms with Crippen molar-refractivity contribution < 1.29 is 18.8 Å². The van der Waals surface area contributed by atoms with Crippen LogP contribution in [0.5, 0.6) is 0 Å². The van der Waals surface area contributed by atoms with Gasteiger partial charge in [0.2, 0.25) is 5.91 Å². The van der Waals surface area contributed by atoms with E-state index in [-0.39, 0.29) is 22.2 Å². The fourth-order valence-corrected chi connectivity index (χ4v) is 5.67. The standard InChI is InChI=1S/C35H25Cl2FN4O3S/c36-24-17-18-31(39-21-24)42-35(45)32(22-9-3-1-4-10-22)46-26-14-7-13-25(19-26)40-34(44)30(20-27-28(37)15-8-16-29(27)38)41-33(43)23-11-5-2-6-12-23/h1-21,32H,(H,40,44)(H,41,43)(H,39,42,45)/b30-20+. The van der Waals surface area contributed by atoms with Gasteiger partial charge < -0.3 is 16.0 Å². The Morgan fingerprint density at radius 1 is 0.804 bits per heavy atom. The molecule has 0 aliphatic rings. The van der Waals surface area contributed by atoms with Crippen molar-refractivity contribution in [1.29, 1.82) is 0 Å². The molecule has 5 aromatic rings. The highest BCUT2D eigenvalue weighted by Gasteiger charge is 2.23. The molecule has 1 atom stereocenters. The highest BCUT2D eigenvalue weighted by Crippen LogP contribution is 2.37. The second kappa shape index (κ2) is 15.4. The Morgan fingerprint density at radius 2 is 1.52 bits per heavy atom. The maximum absolute atomic E-state index is 14.7. The molecule has 0 radical (unpaired) electrons. The van der Waals surface area contributed by atoms with Crippen molar-refractivity contribution in [1.82, 2.24) is 10.3 Å². The largest absolute Gasteiger partial charge is 0.321 e. The molecule has 3 N–H and O–H groups in total. The first-order valence-corrected chi connectivity index (χ1v) is 15.5. The van der Waals surface area contributed by atoms with Crippen molar-refractivity contribution in [2.75, 3.05) is 10.6 Å². The third kappa shape index (κ3) is 8.60. The number of amides is 3. The molecule has 1 aromatic heterocycles. The molecule has 11 heteroatoms. The third-order valence-corrected chi connectivity index (χ3v) is 8.28. The molecule has 7 nitrogen and oxygen atoms in total. The van der Waals surface area contributed by atoms with Crippen molar-refractivity contribution >= 4 is 70.3 Å². The van der Waals surface area contributed by atoms with E-state index in [1.807, 2.05) is 30.3 Å². The molecular formula is C35H25Cl2FN4O3S. The molecule has 1 unspecified atom stereocenters. The van der Waals surface area contributed by atoms with Crippen molar-refractivity contribution in [3.8, 4) is 0 Å². The molecule has 1 heterocycles. The number of thioether (sulfide) groups is 1. The minimum Gasteiger partial charge on any atom is -0.321 e. The second-order valence-electron chi connectivity index (χ2n) is 9.75.